The Balaban J connectivity index is 1.49. The number of benzene rings is 2. The van der Waals surface area contributed by atoms with E-state index >= 15 is 0 Å². The Hall–Kier alpha value is -3.02. The number of hydrogen-bond acceptors (Lipinski definition) is 4. The average Bonchev–Trinajstić information content (AvgIpc) is 3.24. The summed E-state index contributed by atoms with van der Waals surface area (Å²) >= 11 is 0. The zero-order valence-corrected chi connectivity index (χ0v) is 13.4. The van der Waals surface area contributed by atoms with E-state index in [1.807, 2.05) is 30.3 Å². The smallest absolute Gasteiger partial charge is 0.258 e. The molecule has 5 nitrogen and oxygen atoms in total. The van der Waals surface area contributed by atoms with E-state index in [1.54, 1.807) is 17.0 Å². The Morgan fingerprint density at radius 2 is 2.00 bits per heavy atom. The van der Waals surface area contributed by atoms with Crippen LogP contribution in [0.4, 0.5) is 4.39 Å². The SMILES string of the molecule is O=C1C[C@H](c2noc(-c3cccc(F)c3)n2)CN1Cc1ccccc1. The van der Waals surface area contributed by atoms with Crippen LogP contribution in [0.15, 0.2) is 59.1 Å². The molecular weight excluding hydrogens is 321 g/mol. The van der Waals surface area contributed by atoms with E-state index in [1.165, 1.54) is 12.1 Å². The van der Waals surface area contributed by atoms with E-state index in [4.69, 9.17) is 4.52 Å². The molecule has 2 heterocycles. The van der Waals surface area contributed by atoms with Crippen molar-refractivity contribution in [2.45, 2.75) is 18.9 Å². The molecule has 1 saturated heterocycles. The fourth-order valence-corrected chi connectivity index (χ4v) is 3.04. The van der Waals surface area contributed by atoms with Crippen LogP contribution >= 0.6 is 0 Å². The molecule has 0 spiro atoms. The first-order valence-corrected chi connectivity index (χ1v) is 8.10. The van der Waals surface area contributed by atoms with Gasteiger partial charge < -0.3 is 9.42 Å². The molecule has 4 rings (SSSR count). The summed E-state index contributed by atoms with van der Waals surface area (Å²) < 4.78 is 18.6. The van der Waals surface area contributed by atoms with Gasteiger partial charge in [0.2, 0.25) is 5.91 Å². The van der Waals surface area contributed by atoms with Gasteiger partial charge in [0.25, 0.3) is 5.89 Å². The van der Waals surface area contributed by atoms with Crippen LogP contribution in [-0.2, 0) is 11.3 Å². The highest BCUT2D eigenvalue weighted by molar-refractivity contribution is 5.79. The Bertz CT molecular complexity index is 894. The average molecular weight is 337 g/mol. The van der Waals surface area contributed by atoms with Gasteiger partial charge >= 0.3 is 0 Å². The molecule has 25 heavy (non-hydrogen) atoms. The second-order valence-electron chi connectivity index (χ2n) is 6.13. The van der Waals surface area contributed by atoms with E-state index in [-0.39, 0.29) is 23.5 Å². The monoisotopic (exact) mass is 337 g/mol. The van der Waals surface area contributed by atoms with Crippen molar-refractivity contribution in [3.05, 3.63) is 71.8 Å². The van der Waals surface area contributed by atoms with Crippen molar-refractivity contribution in [1.82, 2.24) is 15.0 Å². The molecule has 1 atom stereocenters. The largest absolute Gasteiger partial charge is 0.338 e. The van der Waals surface area contributed by atoms with Crippen LogP contribution in [0.5, 0.6) is 0 Å². The Morgan fingerprint density at radius 1 is 1.16 bits per heavy atom. The summed E-state index contributed by atoms with van der Waals surface area (Å²) in [6.07, 6.45) is 0.356. The highest BCUT2D eigenvalue weighted by Gasteiger charge is 2.33. The lowest BCUT2D eigenvalue weighted by atomic mass is 10.1. The molecule has 3 aromatic rings. The standard InChI is InChI=1S/C19H16FN3O2/c20-16-8-4-7-14(9-16)19-21-18(22-25-19)15-10-17(24)23(12-15)11-13-5-2-1-3-6-13/h1-9,15H,10-12H2/t15-/m0/s1. The van der Waals surface area contributed by atoms with Gasteiger partial charge in [0.05, 0.1) is 0 Å². The predicted molar refractivity (Wildman–Crippen MR) is 88.9 cm³/mol. The van der Waals surface area contributed by atoms with Gasteiger partial charge in [-0.1, -0.05) is 41.6 Å². The first kappa shape index (κ1) is 15.5. The van der Waals surface area contributed by atoms with E-state index in [0.29, 0.717) is 30.9 Å². The van der Waals surface area contributed by atoms with E-state index < -0.39 is 0 Å². The summed E-state index contributed by atoms with van der Waals surface area (Å²) in [4.78, 5) is 18.4. The van der Waals surface area contributed by atoms with Gasteiger partial charge in [0.15, 0.2) is 5.82 Å². The van der Waals surface area contributed by atoms with E-state index in [2.05, 4.69) is 10.1 Å². The van der Waals surface area contributed by atoms with Crippen LogP contribution in [-0.4, -0.2) is 27.5 Å². The number of aromatic nitrogens is 2. The summed E-state index contributed by atoms with van der Waals surface area (Å²) in [5.74, 6) is 0.363. The number of hydrogen-bond donors (Lipinski definition) is 0. The van der Waals surface area contributed by atoms with Crippen molar-refractivity contribution in [3.63, 3.8) is 0 Å². The van der Waals surface area contributed by atoms with Crippen molar-refractivity contribution in [3.8, 4) is 11.5 Å². The molecule has 0 aliphatic carbocycles. The topological polar surface area (TPSA) is 59.2 Å². The summed E-state index contributed by atoms with van der Waals surface area (Å²) in [7, 11) is 0. The third-order valence-electron chi connectivity index (χ3n) is 4.31. The van der Waals surface area contributed by atoms with Gasteiger partial charge in [-0.15, -0.1) is 0 Å². The number of carbonyl (C=O) groups excluding carboxylic acids is 1. The van der Waals surface area contributed by atoms with Crippen LogP contribution < -0.4 is 0 Å². The molecule has 1 amide bonds. The number of nitrogens with zero attached hydrogens (tertiary/aromatic N) is 3. The minimum absolute atomic E-state index is 0.0750. The van der Waals surface area contributed by atoms with Crippen LogP contribution in [0.1, 0.15) is 23.7 Å². The Morgan fingerprint density at radius 3 is 2.80 bits per heavy atom. The second kappa shape index (κ2) is 6.47. The quantitative estimate of drug-likeness (QED) is 0.732. The molecule has 126 valence electrons. The molecule has 0 unspecified atom stereocenters. The van der Waals surface area contributed by atoms with Crippen LogP contribution in [0.25, 0.3) is 11.5 Å². The van der Waals surface area contributed by atoms with Gasteiger partial charge in [-0.3, -0.25) is 4.79 Å². The van der Waals surface area contributed by atoms with Crippen molar-refractivity contribution < 1.29 is 13.7 Å². The zero-order valence-electron chi connectivity index (χ0n) is 13.4. The molecule has 6 heteroatoms. The minimum Gasteiger partial charge on any atom is -0.338 e. The first-order valence-electron chi connectivity index (χ1n) is 8.10. The van der Waals surface area contributed by atoms with E-state index in [0.717, 1.165) is 5.56 Å². The summed E-state index contributed by atoms with van der Waals surface area (Å²) in [6, 6.07) is 15.9. The lowest BCUT2D eigenvalue weighted by molar-refractivity contribution is -0.128. The molecule has 0 N–H and O–H groups in total. The Labute approximate surface area is 144 Å². The van der Waals surface area contributed by atoms with Gasteiger partial charge in [0, 0.05) is 31.0 Å². The fourth-order valence-electron chi connectivity index (χ4n) is 3.04. The number of halogens is 1. The lowest BCUT2D eigenvalue weighted by Crippen LogP contribution is -2.24. The van der Waals surface area contributed by atoms with Crippen molar-refractivity contribution in [2.24, 2.45) is 0 Å². The van der Waals surface area contributed by atoms with Gasteiger partial charge in [-0.05, 0) is 23.8 Å². The maximum Gasteiger partial charge on any atom is 0.258 e. The molecule has 0 saturated carbocycles. The fraction of sp³-hybridized carbons (Fsp3) is 0.211. The van der Waals surface area contributed by atoms with Gasteiger partial charge in [-0.2, -0.15) is 4.98 Å². The maximum atomic E-state index is 13.3. The molecule has 0 radical (unpaired) electrons. The molecule has 1 fully saturated rings. The molecule has 1 aliphatic rings. The second-order valence-corrected chi connectivity index (χ2v) is 6.13. The zero-order chi connectivity index (χ0) is 17.2. The number of amides is 1. The normalized spacial score (nSPS) is 17.2. The summed E-state index contributed by atoms with van der Waals surface area (Å²) in [6.45, 7) is 1.13. The highest BCUT2D eigenvalue weighted by atomic mass is 19.1. The summed E-state index contributed by atoms with van der Waals surface area (Å²) in [5, 5.41) is 3.99. The Kier molecular flexibility index (Phi) is 4.01. The number of carbonyl (C=O) groups is 1. The number of likely N-dealkylation sites (tertiary alicyclic amines) is 1. The molecule has 1 aliphatic heterocycles. The van der Waals surface area contributed by atoms with Gasteiger partial charge in [0.1, 0.15) is 5.82 Å². The number of rotatable bonds is 4. The van der Waals surface area contributed by atoms with Gasteiger partial charge in [-0.25, -0.2) is 4.39 Å². The van der Waals surface area contributed by atoms with Crippen molar-refractivity contribution >= 4 is 5.91 Å². The maximum absolute atomic E-state index is 13.3. The molecule has 0 bridgehead atoms. The molecule has 2 aromatic carbocycles. The highest BCUT2D eigenvalue weighted by Crippen LogP contribution is 2.29. The van der Waals surface area contributed by atoms with Crippen LogP contribution in [0, 0.1) is 5.82 Å². The van der Waals surface area contributed by atoms with Crippen LogP contribution in [0.3, 0.4) is 0 Å². The predicted octanol–water partition coefficient (Wildman–Crippen LogP) is 3.39. The summed E-state index contributed by atoms with van der Waals surface area (Å²) in [5.41, 5.74) is 1.62. The van der Waals surface area contributed by atoms with Crippen molar-refractivity contribution in [2.75, 3.05) is 6.54 Å². The van der Waals surface area contributed by atoms with Crippen molar-refractivity contribution in [1.29, 1.82) is 0 Å². The van der Waals surface area contributed by atoms with Crippen LogP contribution in [0.2, 0.25) is 0 Å². The lowest BCUT2D eigenvalue weighted by Gasteiger charge is -2.15. The van der Waals surface area contributed by atoms with E-state index in [9.17, 15) is 9.18 Å². The third kappa shape index (κ3) is 3.28. The third-order valence-corrected chi connectivity index (χ3v) is 4.31. The first-order chi connectivity index (χ1) is 12.2. The molecule has 1 aromatic heterocycles. The minimum atomic E-state index is -0.359. The molecular formula is C19H16FN3O2.